The average molecular weight is 187 g/mol. The predicted molar refractivity (Wildman–Crippen MR) is 42.4 cm³/mol. The van der Waals surface area contributed by atoms with Crippen molar-refractivity contribution in [3.8, 4) is 0 Å². The number of aromatic amines is 1. The van der Waals surface area contributed by atoms with E-state index >= 15 is 0 Å². The quantitative estimate of drug-likeness (QED) is 0.332. The number of carbonyl (C=O) groups excluding carboxylic acids is 1. The maximum absolute atomic E-state index is 11.0. The van der Waals surface area contributed by atoms with Gasteiger partial charge in [-0.1, -0.05) is 0 Å². The Morgan fingerprint density at radius 3 is 2.83 bits per heavy atom. The fourth-order valence-electron chi connectivity index (χ4n) is 0.661. The molecule has 0 aliphatic heterocycles. The molecule has 0 radical (unpaired) electrons. The summed E-state index contributed by atoms with van der Waals surface area (Å²) >= 11 is 3.77. The lowest BCUT2D eigenvalue weighted by atomic mass is 10.6. The monoisotopic (exact) mass is 187 g/mol. The standard InChI is InChI=1S/C5H5N3O3S/c9-2-1-8-4(11)3(10)6-7-5(8)12/h2H,1H2,(H,6,10)(H,7,12). The van der Waals surface area contributed by atoms with Crippen molar-refractivity contribution in [2.45, 2.75) is 11.7 Å². The van der Waals surface area contributed by atoms with Crippen LogP contribution in [0.3, 0.4) is 0 Å². The van der Waals surface area contributed by atoms with Gasteiger partial charge < -0.3 is 4.79 Å². The van der Waals surface area contributed by atoms with Crippen LogP contribution in [0.5, 0.6) is 0 Å². The van der Waals surface area contributed by atoms with Crippen molar-refractivity contribution in [1.82, 2.24) is 14.8 Å². The highest BCUT2D eigenvalue weighted by molar-refractivity contribution is 7.80. The highest BCUT2D eigenvalue weighted by Gasteiger charge is 2.03. The van der Waals surface area contributed by atoms with Crippen LogP contribution in [0, 0.1) is 0 Å². The molecule has 0 bridgehead atoms. The second kappa shape index (κ2) is 3.35. The lowest BCUT2D eigenvalue weighted by Gasteiger charge is -1.99. The van der Waals surface area contributed by atoms with Gasteiger partial charge in [-0.25, -0.2) is 5.10 Å². The van der Waals surface area contributed by atoms with Crippen molar-refractivity contribution in [3.05, 3.63) is 20.7 Å². The highest BCUT2D eigenvalue weighted by atomic mass is 32.1. The van der Waals surface area contributed by atoms with E-state index < -0.39 is 11.1 Å². The van der Waals surface area contributed by atoms with Crippen LogP contribution in [-0.4, -0.2) is 21.1 Å². The third kappa shape index (κ3) is 1.45. The van der Waals surface area contributed by atoms with E-state index in [1.807, 2.05) is 5.10 Å². The van der Waals surface area contributed by atoms with Gasteiger partial charge in [-0.05, 0) is 0 Å². The number of aromatic nitrogens is 3. The second-order valence-corrected chi connectivity index (χ2v) is 2.34. The number of rotatable bonds is 2. The Balaban J connectivity index is 3.43. The normalized spacial score (nSPS) is 9.75. The molecule has 12 heavy (non-hydrogen) atoms. The Kier molecular flexibility index (Phi) is 2.44. The third-order valence-corrected chi connectivity index (χ3v) is 1.54. The van der Waals surface area contributed by atoms with Crippen molar-refractivity contribution in [2.75, 3.05) is 0 Å². The summed E-state index contributed by atoms with van der Waals surface area (Å²) in [6, 6.07) is 0. The van der Waals surface area contributed by atoms with Crippen LogP contribution in [0.25, 0.3) is 0 Å². The van der Waals surface area contributed by atoms with Crippen LogP contribution in [0.2, 0.25) is 0 Å². The van der Waals surface area contributed by atoms with E-state index in [4.69, 9.17) is 0 Å². The van der Waals surface area contributed by atoms with Gasteiger partial charge in [-0.15, -0.1) is 17.7 Å². The third-order valence-electron chi connectivity index (χ3n) is 1.20. The van der Waals surface area contributed by atoms with Gasteiger partial charge in [0.1, 0.15) is 6.29 Å². The molecule has 1 aromatic heterocycles. The Morgan fingerprint density at radius 2 is 2.25 bits per heavy atom. The first-order chi connectivity index (χ1) is 5.66. The molecule has 0 spiro atoms. The van der Waals surface area contributed by atoms with Gasteiger partial charge in [-0.3, -0.25) is 14.2 Å². The summed E-state index contributed by atoms with van der Waals surface area (Å²) in [6.07, 6.45) is 0.488. The lowest BCUT2D eigenvalue weighted by molar-refractivity contribution is -0.108. The Hall–Kier alpha value is -1.37. The van der Waals surface area contributed by atoms with Gasteiger partial charge in [0.05, 0.1) is 6.54 Å². The van der Waals surface area contributed by atoms with Crippen molar-refractivity contribution in [3.63, 3.8) is 0 Å². The molecule has 0 aliphatic carbocycles. The zero-order valence-corrected chi connectivity index (χ0v) is 6.75. The molecule has 1 heterocycles. The zero-order valence-electron chi connectivity index (χ0n) is 5.85. The molecular weight excluding hydrogens is 182 g/mol. The van der Waals surface area contributed by atoms with Crippen LogP contribution in [-0.2, 0) is 11.3 Å². The number of nitrogens with zero attached hydrogens (tertiary/aromatic N) is 2. The van der Waals surface area contributed by atoms with Gasteiger partial charge in [-0.2, -0.15) is 0 Å². The first-order valence-corrected chi connectivity index (χ1v) is 3.43. The molecule has 0 aromatic carbocycles. The van der Waals surface area contributed by atoms with E-state index in [9.17, 15) is 14.4 Å². The summed E-state index contributed by atoms with van der Waals surface area (Å²) in [4.78, 5) is 31.7. The molecule has 7 heteroatoms. The predicted octanol–water partition coefficient (Wildman–Crippen LogP) is -1.58. The molecular formula is C5H5N3O3S. The van der Waals surface area contributed by atoms with E-state index in [-0.39, 0.29) is 11.7 Å². The van der Waals surface area contributed by atoms with E-state index in [1.54, 1.807) is 0 Å². The number of aldehydes is 1. The molecule has 64 valence electrons. The SMILES string of the molecule is O=CCn1c(S)n[nH]c(=O)c1=O. The minimum atomic E-state index is -0.866. The first-order valence-electron chi connectivity index (χ1n) is 2.99. The molecule has 0 fully saturated rings. The molecule has 0 aliphatic rings. The van der Waals surface area contributed by atoms with Crippen LogP contribution >= 0.6 is 12.6 Å². The molecule has 1 rings (SSSR count). The maximum atomic E-state index is 11.0. The summed E-state index contributed by atoms with van der Waals surface area (Å²) in [5.41, 5.74) is -1.70. The number of carbonyl (C=O) groups is 1. The highest BCUT2D eigenvalue weighted by Crippen LogP contribution is 1.91. The molecule has 1 N–H and O–H groups in total. The molecule has 6 nitrogen and oxygen atoms in total. The van der Waals surface area contributed by atoms with Gasteiger partial charge in [0.25, 0.3) is 0 Å². The molecule has 0 saturated carbocycles. The summed E-state index contributed by atoms with van der Waals surface area (Å²) in [5.74, 6) is 0. The van der Waals surface area contributed by atoms with E-state index in [2.05, 4.69) is 17.7 Å². The Morgan fingerprint density at radius 1 is 1.58 bits per heavy atom. The second-order valence-electron chi connectivity index (χ2n) is 1.94. The fraction of sp³-hybridized carbons (Fsp3) is 0.200. The molecule has 0 unspecified atom stereocenters. The average Bonchev–Trinajstić information content (AvgIpc) is 2.06. The van der Waals surface area contributed by atoms with Crippen molar-refractivity contribution < 1.29 is 4.79 Å². The van der Waals surface area contributed by atoms with Crippen molar-refractivity contribution >= 4 is 18.9 Å². The van der Waals surface area contributed by atoms with E-state index in [0.717, 1.165) is 4.57 Å². The number of hydrogen-bond donors (Lipinski definition) is 2. The summed E-state index contributed by atoms with van der Waals surface area (Å²) in [6.45, 7) is -0.214. The topological polar surface area (TPSA) is 84.8 Å². The van der Waals surface area contributed by atoms with Gasteiger partial charge >= 0.3 is 11.1 Å². The van der Waals surface area contributed by atoms with Crippen molar-refractivity contribution in [1.29, 1.82) is 0 Å². The molecule has 0 atom stereocenters. The Bertz CT molecular complexity index is 407. The van der Waals surface area contributed by atoms with Crippen LogP contribution in [0.1, 0.15) is 0 Å². The molecule has 1 aromatic rings. The lowest BCUT2D eigenvalue weighted by Crippen LogP contribution is -2.38. The number of H-pyrrole nitrogens is 1. The van der Waals surface area contributed by atoms with Gasteiger partial charge in [0.15, 0.2) is 5.16 Å². The van der Waals surface area contributed by atoms with Crippen LogP contribution in [0.15, 0.2) is 14.7 Å². The minimum Gasteiger partial charge on any atom is -0.301 e. The first kappa shape index (κ1) is 8.72. The number of hydrogen-bond acceptors (Lipinski definition) is 5. The smallest absolute Gasteiger partial charge is 0.301 e. The molecule has 0 saturated heterocycles. The summed E-state index contributed by atoms with van der Waals surface area (Å²) in [7, 11) is 0. The number of thiol groups is 1. The van der Waals surface area contributed by atoms with Gasteiger partial charge in [0.2, 0.25) is 0 Å². The van der Waals surface area contributed by atoms with E-state index in [0.29, 0.717) is 6.29 Å². The Labute approximate surface area is 71.6 Å². The fourth-order valence-corrected chi connectivity index (χ4v) is 0.884. The largest absolute Gasteiger partial charge is 0.330 e. The minimum absolute atomic E-state index is 0.00620. The summed E-state index contributed by atoms with van der Waals surface area (Å²) in [5, 5.41) is 5.33. The van der Waals surface area contributed by atoms with Crippen molar-refractivity contribution in [2.24, 2.45) is 0 Å². The zero-order chi connectivity index (χ0) is 9.14. The molecule has 0 amide bonds. The maximum Gasteiger partial charge on any atom is 0.330 e. The summed E-state index contributed by atoms with van der Waals surface area (Å²) < 4.78 is 0.870. The van der Waals surface area contributed by atoms with E-state index in [1.165, 1.54) is 0 Å². The van der Waals surface area contributed by atoms with Gasteiger partial charge in [0, 0.05) is 0 Å². The number of nitrogens with one attached hydrogen (secondary N) is 1. The van der Waals surface area contributed by atoms with Crippen LogP contribution in [0.4, 0.5) is 0 Å². The van der Waals surface area contributed by atoms with Crippen LogP contribution < -0.4 is 11.1 Å².